The van der Waals surface area contributed by atoms with Crippen molar-refractivity contribution in [2.24, 2.45) is 0 Å². The van der Waals surface area contributed by atoms with Gasteiger partial charge in [-0.3, -0.25) is 0 Å². The minimum Gasteiger partial charge on any atom is -0.363 e. The molecule has 1 unspecified atom stereocenters. The second-order valence-corrected chi connectivity index (χ2v) is 5.53. The van der Waals surface area contributed by atoms with E-state index in [1.807, 2.05) is 13.0 Å². The SMILES string of the molecule is CCc1cc(NC(C)c2sc(C)nc2C)ncn1. The molecule has 18 heavy (non-hydrogen) atoms. The molecule has 0 amide bonds. The summed E-state index contributed by atoms with van der Waals surface area (Å²) < 4.78 is 0. The van der Waals surface area contributed by atoms with Crippen LogP contribution in [-0.4, -0.2) is 15.0 Å². The summed E-state index contributed by atoms with van der Waals surface area (Å²) in [6.07, 6.45) is 2.53. The molecule has 0 aliphatic carbocycles. The molecule has 0 fully saturated rings. The van der Waals surface area contributed by atoms with Crippen LogP contribution in [0.1, 0.15) is 41.2 Å². The van der Waals surface area contributed by atoms with Crippen LogP contribution in [0.5, 0.6) is 0 Å². The zero-order valence-electron chi connectivity index (χ0n) is 11.2. The quantitative estimate of drug-likeness (QED) is 0.918. The largest absolute Gasteiger partial charge is 0.363 e. The Kier molecular flexibility index (Phi) is 3.91. The molecule has 5 heteroatoms. The molecular weight excluding hydrogens is 244 g/mol. The van der Waals surface area contributed by atoms with Crippen molar-refractivity contribution >= 4 is 17.2 Å². The molecule has 0 saturated carbocycles. The van der Waals surface area contributed by atoms with Crippen molar-refractivity contribution in [1.29, 1.82) is 0 Å². The molecule has 2 rings (SSSR count). The summed E-state index contributed by atoms with van der Waals surface area (Å²) in [5, 5.41) is 4.51. The van der Waals surface area contributed by atoms with Crippen LogP contribution < -0.4 is 5.32 Å². The zero-order valence-corrected chi connectivity index (χ0v) is 12.0. The summed E-state index contributed by atoms with van der Waals surface area (Å²) in [6.45, 7) is 8.31. The molecule has 0 aliphatic rings. The lowest BCUT2D eigenvalue weighted by Crippen LogP contribution is -2.08. The summed E-state index contributed by atoms with van der Waals surface area (Å²) in [6, 6.07) is 2.22. The molecule has 1 atom stereocenters. The molecule has 4 nitrogen and oxygen atoms in total. The second kappa shape index (κ2) is 5.44. The Morgan fingerprint density at radius 1 is 1.33 bits per heavy atom. The van der Waals surface area contributed by atoms with Crippen LogP contribution in [0.4, 0.5) is 5.82 Å². The predicted molar refractivity (Wildman–Crippen MR) is 75.0 cm³/mol. The number of hydrogen-bond acceptors (Lipinski definition) is 5. The average molecular weight is 262 g/mol. The number of nitrogens with zero attached hydrogens (tertiary/aromatic N) is 3. The van der Waals surface area contributed by atoms with Crippen molar-refractivity contribution in [2.75, 3.05) is 5.32 Å². The van der Waals surface area contributed by atoms with Crippen molar-refractivity contribution in [2.45, 2.75) is 40.2 Å². The van der Waals surface area contributed by atoms with Crippen LogP contribution >= 0.6 is 11.3 Å². The fourth-order valence-corrected chi connectivity index (χ4v) is 2.84. The van der Waals surface area contributed by atoms with Gasteiger partial charge in [-0.2, -0.15) is 0 Å². The van der Waals surface area contributed by atoms with Gasteiger partial charge in [-0.25, -0.2) is 15.0 Å². The minimum absolute atomic E-state index is 0.218. The van der Waals surface area contributed by atoms with E-state index in [-0.39, 0.29) is 6.04 Å². The fourth-order valence-electron chi connectivity index (χ4n) is 1.91. The van der Waals surface area contributed by atoms with Gasteiger partial charge in [0.15, 0.2) is 0 Å². The second-order valence-electron chi connectivity index (χ2n) is 4.30. The van der Waals surface area contributed by atoms with E-state index in [0.717, 1.165) is 28.6 Å². The third-order valence-electron chi connectivity index (χ3n) is 2.78. The van der Waals surface area contributed by atoms with Crippen LogP contribution in [0.25, 0.3) is 0 Å². The number of anilines is 1. The Bertz CT molecular complexity index is 536. The zero-order chi connectivity index (χ0) is 13.1. The summed E-state index contributed by atoms with van der Waals surface area (Å²) in [4.78, 5) is 14.2. The van der Waals surface area contributed by atoms with Crippen molar-refractivity contribution in [3.8, 4) is 0 Å². The molecule has 0 aromatic carbocycles. The van der Waals surface area contributed by atoms with E-state index in [1.165, 1.54) is 4.88 Å². The normalized spacial score (nSPS) is 12.4. The molecule has 2 heterocycles. The van der Waals surface area contributed by atoms with Gasteiger partial charge < -0.3 is 5.32 Å². The summed E-state index contributed by atoms with van der Waals surface area (Å²) in [7, 11) is 0. The Morgan fingerprint density at radius 2 is 2.11 bits per heavy atom. The summed E-state index contributed by atoms with van der Waals surface area (Å²) >= 11 is 1.73. The van der Waals surface area contributed by atoms with Crippen LogP contribution in [0.3, 0.4) is 0 Å². The van der Waals surface area contributed by atoms with E-state index >= 15 is 0 Å². The van der Waals surface area contributed by atoms with Crippen LogP contribution in [0, 0.1) is 13.8 Å². The Balaban J connectivity index is 2.15. The van der Waals surface area contributed by atoms with Crippen LogP contribution in [-0.2, 0) is 6.42 Å². The predicted octanol–water partition coefficient (Wildman–Crippen LogP) is 3.29. The number of nitrogens with one attached hydrogen (secondary N) is 1. The maximum Gasteiger partial charge on any atom is 0.130 e. The first kappa shape index (κ1) is 13.0. The van der Waals surface area contributed by atoms with Crippen molar-refractivity contribution in [3.05, 3.63) is 33.7 Å². The van der Waals surface area contributed by atoms with Gasteiger partial charge in [0.25, 0.3) is 0 Å². The van der Waals surface area contributed by atoms with E-state index in [1.54, 1.807) is 17.7 Å². The minimum atomic E-state index is 0.218. The van der Waals surface area contributed by atoms with Crippen molar-refractivity contribution in [1.82, 2.24) is 15.0 Å². The molecule has 96 valence electrons. The van der Waals surface area contributed by atoms with Gasteiger partial charge in [-0.1, -0.05) is 6.92 Å². The van der Waals surface area contributed by atoms with E-state index in [2.05, 4.69) is 41.0 Å². The van der Waals surface area contributed by atoms with E-state index in [0.29, 0.717) is 0 Å². The first-order valence-corrected chi connectivity index (χ1v) is 6.93. The van der Waals surface area contributed by atoms with E-state index in [9.17, 15) is 0 Å². The number of aryl methyl sites for hydroxylation is 3. The Morgan fingerprint density at radius 3 is 2.72 bits per heavy atom. The number of hydrogen-bond donors (Lipinski definition) is 1. The van der Waals surface area contributed by atoms with Crippen molar-refractivity contribution < 1.29 is 0 Å². The molecule has 0 saturated heterocycles. The molecule has 0 spiro atoms. The highest BCUT2D eigenvalue weighted by atomic mass is 32.1. The maximum atomic E-state index is 4.45. The molecule has 2 aromatic rings. The van der Waals surface area contributed by atoms with Gasteiger partial charge in [0.05, 0.1) is 16.7 Å². The molecule has 0 bridgehead atoms. The third-order valence-corrected chi connectivity index (χ3v) is 4.04. The number of aromatic nitrogens is 3. The number of thiazole rings is 1. The topological polar surface area (TPSA) is 50.7 Å². The summed E-state index contributed by atoms with van der Waals surface area (Å²) in [5.41, 5.74) is 2.15. The standard InChI is InChI=1S/C13H18N4S/c1-5-11-6-12(15-7-14-11)17-9(3)13-8(2)16-10(4)18-13/h6-7,9H,5H2,1-4H3,(H,14,15,17). The van der Waals surface area contributed by atoms with Gasteiger partial charge in [-0.15, -0.1) is 11.3 Å². The average Bonchev–Trinajstić information content (AvgIpc) is 2.69. The van der Waals surface area contributed by atoms with Crippen LogP contribution in [0.2, 0.25) is 0 Å². The first-order valence-electron chi connectivity index (χ1n) is 6.11. The van der Waals surface area contributed by atoms with Gasteiger partial charge in [0.1, 0.15) is 12.1 Å². The third kappa shape index (κ3) is 2.85. The van der Waals surface area contributed by atoms with Gasteiger partial charge >= 0.3 is 0 Å². The van der Waals surface area contributed by atoms with E-state index in [4.69, 9.17) is 0 Å². The fraction of sp³-hybridized carbons (Fsp3) is 0.462. The van der Waals surface area contributed by atoms with Crippen molar-refractivity contribution in [3.63, 3.8) is 0 Å². The Hall–Kier alpha value is -1.49. The maximum absolute atomic E-state index is 4.45. The highest BCUT2D eigenvalue weighted by Gasteiger charge is 2.13. The first-order chi connectivity index (χ1) is 8.60. The van der Waals surface area contributed by atoms with Gasteiger partial charge in [-0.05, 0) is 27.2 Å². The lowest BCUT2D eigenvalue weighted by molar-refractivity contribution is 0.871. The smallest absolute Gasteiger partial charge is 0.130 e. The highest BCUT2D eigenvalue weighted by Crippen LogP contribution is 2.26. The number of rotatable bonds is 4. The van der Waals surface area contributed by atoms with E-state index < -0.39 is 0 Å². The lowest BCUT2D eigenvalue weighted by Gasteiger charge is -2.13. The molecule has 1 N–H and O–H groups in total. The molecule has 0 radical (unpaired) electrons. The van der Waals surface area contributed by atoms with Crippen LogP contribution in [0.15, 0.2) is 12.4 Å². The summed E-state index contributed by atoms with van der Waals surface area (Å²) in [5.74, 6) is 0.875. The lowest BCUT2D eigenvalue weighted by atomic mass is 10.2. The molecular formula is C13H18N4S. The molecule has 2 aromatic heterocycles. The Labute approximate surface area is 112 Å². The van der Waals surface area contributed by atoms with Gasteiger partial charge in [0.2, 0.25) is 0 Å². The van der Waals surface area contributed by atoms with Gasteiger partial charge in [0, 0.05) is 16.6 Å². The monoisotopic (exact) mass is 262 g/mol. The molecule has 0 aliphatic heterocycles. The highest BCUT2D eigenvalue weighted by molar-refractivity contribution is 7.11.